The lowest BCUT2D eigenvalue weighted by Gasteiger charge is -2.38. The highest BCUT2D eigenvalue weighted by Gasteiger charge is 2.36. The second kappa shape index (κ2) is 12.2. The number of pyridine rings is 1. The quantitative estimate of drug-likeness (QED) is 0.546. The molecule has 1 aromatic carbocycles. The molecular weight excluding hydrogens is 522 g/mol. The first-order valence-electron chi connectivity index (χ1n) is 14.7. The van der Waals surface area contributed by atoms with Crippen molar-refractivity contribution in [1.82, 2.24) is 20.1 Å². The molecule has 1 saturated carbocycles. The van der Waals surface area contributed by atoms with Gasteiger partial charge in [-0.25, -0.2) is 4.98 Å². The third-order valence-electron chi connectivity index (χ3n) is 8.99. The third-order valence-corrected chi connectivity index (χ3v) is 9.31. The Morgan fingerprint density at radius 2 is 1.75 bits per heavy atom. The Hall–Kier alpha value is -3.10. The number of piperidine rings is 2. The van der Waals surface area contributed by atoms with Crippen LogP contribution >= 0.6 is 11.6 Å². The minimum atomic E-state index is 0.0758. The molecule has 0 spiro atoms. The molecule has 1 aliphatic carbocycles. The molecule has 208 valence electrons. The smallest absolute Gasteiger partial charge is 0.256 e. The van der Waals surface area contributed by atoms with Crippen LogP contribution in [0.5, 0.6) is 5.75 Å². The van der Waals surface area contributed by atoms with Crippen LogP contribution in [0.2, 0.25) is 5.02 Å². The normalized spacial score (nSPS) is 24.2. The number of nitriles is 1. The lowest BCUT2D eigenvalue weighted by atomic mass is 9.92. The summed E-state index contributed by atoms with van der Waals surface area (Å²) in [5.41, 5.74) is 2.78. The molecule has 7 nitrogen and oxygen atoms in total. The van der Waals surface area contributed by atoms with Crippen molar-refractivity contribution < 1.29 is 9.53 Å². The molecule has 3 fully saturated rings. The van der Waals surface area contributed by atoms with Gasteiger partial charge in [0, 0.05) is 24.1 Å². The summed E-state index contributed by atoms with van der Waals surface area (Å²) in [4.78, 5) is 22.7. The van der Waals surface area contributed by atoms with Crippen LogP contribution in [0.1, 0.15) is 78.7 Å². The fourth-order valence-electron chi connectivity index (χ4n) is 6.65. The van der Waals surface area contributed by atoms with Crippen molar-refractivity contribution in [1.29, 1.82) is 5.26 Å². The molecule has 2 aromatic rings. The molecule has 1 N–H and O–H groups in total. The van der Waals surface area contributed by atoms with Crippen molar-refractivity contribution >= 4 is 17.5 Å². The van der Waals surface area contributed by atoms with Crippen LogP contribution in [-0.4, -0.2) is 65.1 Å². The zero-order chi connectivity index (χ0) is 27.5. The van der Waals surface area contributed by atoms with Crippen molar-refractivity contribution in [2.24, 2.45) is 5.92 Å². The highest BCUT2D eigenvalue weighted by molar-refractivity contribution is 6.31. The number of carbonyl (C=O) groups excluding carboxylic acids is 1. The first kappa shape index (κ1) is 27.1. The highest BCUT2D eigenvalue weighted by Crippen LogP contribution is 2.33. The average Bonchev–Trinajstić information content (AvgIpc) is 3.32. The van der Waals surface area contributed by atoms with Gasteiger partial charge in [-0.2, -0.15) is 5.26 Å². The first-order chi connectivity index (χ1) is 19.6. The van der Waals surface area contributed by atoms with Gasteiger partial charge >= 0.3 is 0 Å². The summed E-state index contributed by atoms with van der Waals surface area (Å²) in [6.45, 7) is 5.11. The maximum atomic E-state index is 13.2. The largest absolute Gasteiger partial charge is 0.490 e. The Morgan fingerprint density at radius 3 is 2.48 bits per heavy atom. The van der Waals surface area contributed by atoms with Crippen molar-refractivity contribution in [3.63, 3.8) is 0 Å². The van der Waals surface area contributed by atoms with E-state index in [4.69, 9.17) is 26.6 Å². The molecule has 40 heavy (non-hydrogen) atoms. The van der Waals surface area contributed by atoms with E-state index < -0.39 is 0 Å². The third kappa shape index (κ3) is 5.98. The van der Waals surface area contributed by atoms with Gasteiger partial charge in [0.2, 0.25) is 0 Å². The predicted molar refractivity (Wildman–Crippen MR) is 154 cm³/mol. The van der Waals surface area contributed by atoms with Crippen molar-refractivity contribution in [2.45, 2.75) is 76.1 Å². The van der Waals surface area contributed by atoms with Gasteiger partial charge in [0.15, 0.2) is 0 Å². The van der Waals surface area contributed by atoms with E-state index in [1.54, 1.807) is 18.2 Å². The number of carbonyl (C=O) groups is 1. The molecule has 4 heterocycles. The van der Waals surface area contributed by atoms with Gasteiger partial charge < -0.3 is 19.9 Å². The molecule has 4 aliphatic rings. The van der Waals surface area contributed by atoms with Gasteiger partial charge in [0.05, 0.1) is 34.5 Å². The van der Waals surface area contributed by atoms with Crippen LogP contribution < -0.4 is 10.1 Å². The van der Waals surface area contributed by atoms with Crippen molar-refractivity contribution in [2.75, 3.05) is 26.2 Å². The standard InChI is InChI=1S/C32H36ClN5O2/c33-30-19-28(7-2-23(30)20-34)40-27-8-5-26(6-9-27)38-21-31-29(32(38)39)10-4-24(36-31)3-1-22-13-17-37(18-14-22)25-11-15-35-16-12-25/h2,4,7,10,19,22,25-27,35H,5-6,8-9,11-18,21H2. The lowest BCUT2D eigenvalue weighted by molar-refractivity contribution is 0.0560. The van der Waals surface area contributed by atoms with Crippen LogP contribution in [0.25, 0.3) is 0 Å². The Morgan fingerprint density at radius 1 is 0.975 bits per heavy atom. The minimum absolute atomic E-state index is 0.0758. The molecule has 3 aliphatic heterocycles. The fourth-order valence-corrected chi connectivity index (χ4v) is 6.87. The van der Waals surface area contributed by atoms with Gasteiger partial charge in [-0.05, 0) is 108 Å². The Balaban J connectivity index is 1.01. The number of amides is 1. The molecule has 0 atom stereocenters. The van der Waals surface area contributed by atoms with E-state index in [0.29, 0.717) is 34.4 Å². The van der Waals surface area contributed by atoms with Crippen LogP contribution in [0.4, 0.5) is 0 Å². The molecule has 8 heteroatoms. The van der Waals surface area contributed by atoms with Gasteiger partial charge in [0.25, 0.3) is 5.91 Å². The highest BCUT2D eigenvalue weighted by atomic mass is 35.5. The molecule has 0 bridgehead atoms. The van der Waals surface area contributed by atoms with Crippen LogP contribution in [0, 0.1) is 29.1 Å². The summed E-state index contributed by atoms with van der Waals surface area (Å²) in [6, 6.07) is 12.0. The number of benzene rings is 1. The summed E-state index contributed by atoms with van der Waals surface area (Å²) in [5, 5.41) is 12.9. The number of aromatic nitrogens is 1. The molecule has 2 saturated heterocycles. The number of hydrogen-bond acceptors (Lipinski definition) is 6. The molecule has 0 radical (unpaired) electrons. The Labute approximate surface area is 241 Å². The van der Waals surface area contributed by atoms with Gasteiger partial charge in [0.1, 0.15) is 17.5 Å². The van der Waals surface area contributed by atoms with Crippen LogP contribution in [0.15, 0.2) is 30.3 Å². The van der Waals surface area contributed by atoms with E-state index in [0.717, 1.165) is 82.1 Å². The number of ether oxygens (including phenoxy) is 1. The molecule has 1 aromatic heterocycles. The van der Waals surface area contributed by atoms with Gasteiger partial charge in [-0.15, -0.1) is 0 Å². The van der Waals surface area contributed by atoms with Gasteiger partial charge in [-0.1, -0.05) is 17.5 Å². The summed E-state index contributed by atoms with van der Waals surface area (Å²) in [6.07, 6.45) is 8.34. The lowest BCUT2D eigenvalue weighted by Crippen LogP contribution is -2.46. The number of rotatable bonds is 4. The van der Waals surface area contributed by atoms with Crippen molar-refractivity contribution in [3.05, 3.63) is 57.9 Å². The maximum Gasteiger partial charge on any atom is 0.256 e. The number of fused-ring (bicyclic) bond motifs is 1. The zero-order valence-corrected chi connectivity index (χ0v) is 23.6. The second-order valence-electron chi connectivity index (χ2n) is 11.5. The molecular formula is C32H36ClN5O2. The fraction of sp³-hybridized carbons (Fsp3) is 0.531. The topological polar surface area (TPSA) is 81.5 Å². The first-order valence-corrected chi connectivity index (χ1v) is 15.1. The average molecular weight is 558 g/mol. The summed E-state index contributed by atoms with van der Waals surface area (Å²) >= 11 is 6.15. The molecule has 6 rings (SSSR count). The number of halogens is 1. The summed E-state index contributed by atoms with van der Waals surface area (Å²) in [5.74, 6) is 7.99. The number of hydrogen-bond donors (Lipinski definition) is 1. The summed E-state index contributed by atoms with van der Waals surface area (Å²) < 4.78 is 6.13. The van der Waals surface area contributed by atoms with E-state index >= 15 is 0 Å². The van der Waals surface area contributed by atoms with Crippen LogP contribution in [0.3, 0.4) is 0 Å². The van der Waals surface area contributed by atoms with Crippen molar-refractivity contribution in [3.8, 4) is 23.7 Å². The summed E-state index contributed by atoms with van der Waals surface area (Å²) in [7, 11) is 0. The monoisotopic (exact) mass is 557 g/mol. The number of likely N-dealkylation sites (tertiary alicyclic amines) is 1. The van der Waals surface area contributed by atoms with Gasteiger partial charge in [-0.3, -0.25) is 4.79 Å². The van der Waals surface area contributed by atoms with E-state index in [2.05, 4.69) is 28.1 Å². The molecule has 0 unspecified atom stereocenters. The second-order valence-corrected chi connectivity index (χ2v) is 11.9. The Kier molecular flexibility index (Phi) is 8.25. The SMILES string of the molecule is N#Cc1ccc(OC2CCC(N3Cc4nc(C#CC5CCN(C6CCNCC6)CC5)ccc4C3=O)CC2)cc1Cl. The van der Waals surface area contributed by atoms with E-state index in [1.165, 1.54) is 12.8 Å². The van der Waals surface area contributed by atoms with E-state index in [1.807, 2.05) is 17.0 Å². The predicted octanol–water partition coefficient (Wildman–Crippen LogP) is 4.77. The van der Waals surface area contributed by atoms with E-state index in [-0.39, 0.29) is 18.1 Å². The van der Waals surface area contributed by atoms with E-state index in [9.17, 15) is 4.79 Å². The minimum Gasteiger partial charge on any atom is -0.490 e. The molecule has 1 amide bonds. The number of nitrogens with zero attached hydrogens (tertiary/aromatic N) is 4. The Bertz CT molecular complexity index is 1340. The number of nitrogens with one attached hydrogen (secondary N) is 1. The maximum absolute atomic E-state index is 13.2. The zero-order valence-electron chi connectivity index (χ0n) is 22.9. The van der Waals surface area contributed by atoms with Crippen LogP contribution in [-0.2, 0) is 6.54 Å².